The Balaban J connectivity index is 1.49. The molecule has 0 saturated carbocycles. The largest absolute Gasteiger partial charge is 0.493 e. The lowest BCUT2D eigenvalue weighted by Crippen LogP contribution is -2.51. The van der Waals surface area contributed by atoms with Crippen molar-refractivity contribution in [1.29, 1.82) is 5.26 Å². The number of urea groups is 1. The van der Waals surface area contributed by atoms with E-state index in [2.05, 4.69) is 16.0 Å². The number of sulfonamides is 1. The van der Waals surface area contributed by atoms with E-state index in [0.717, 1.165) is 0 Å². The first-order chi connectivity index (χ1) is 13.8. The SMILES string of the molecule is Cc1cccc2c1S(=O)(=O)N(CC(=O)N[C@H]1COC3=CC(C#N)=CN[C]31)C(=O)N2. The van der Waals surface area contributed by atoms with Gasteiger partial charge in [-0.05, 0) is 24.6 Å². The van der Waals surface area contributed by atoms with Crippen LogP contribution in [0.15, 0.2) is 46.7 Å². The number of hydrogen-bond acceptors (Lipinski definition) is 7. The van der Waals surface area contributed by atoms with Gasteiger partial charge in [-0.15, -0.1) is 0 Å². The van der Waals surface area contributed by atoms with Crippen LogP contribution in [0.2, 0.25) is 0 Å². The topological polar surface area (TPSA) is 141 Å². The van der Waals surface area contributed by atoms with E-state index < -0.39 is 34.5 Å². The van der Waals surface area contributed by atoms with Crippen molar-refractivity contribution in [2.45, 2.75) is 17.9 Å². The van der Waals surface area contributed by atoms with Gasteiger partial charge in [0.2, 0.25) is 5.91 Å². The maximum absolute atomic E-state index is 12.9. The van der Waals surface area contributed by atoms with Crippen molar-refractivity contribution in [3.8, 4) is 6.07 Å². The van der Waals surface area contributed by atoms with Crippen molar-refractivity contribution in [2.75, 3.05) is 18.5 Å². The summed E-state index contributed by atoms with van der Waals surface area (Å²) in [4.78, 5) is 24.8. The van der Waals surface area contributed by atoms with Crippen molar-refractivity contribution in [2.24, 2.45) is 0 Å². The Labute approximate surface area is 166 Å². The molecule has 3 aliphatic rings. The highest BCUT2D eigenvalue weighted by Crippen LogP contribution is 2.33. The lowest BCUT2D eigenvalue weighted by atomic mass is 10.1. The molecule has 1 saturated heterocycles. The highest BCUT2D eigenvalue weighted by molar-refractivity contribution is 7.90. The molecule has 29 heavy (non-hydrogen) atoms. The smallest absolute Gasteiger partial charge is 0.336 e. The van der Waals surface area contributed by atoms with Crippen molar-refractivity contribution in [3.05, 3.63) is 53.4 Å². The molecule has 1 fully saturated rings. The Bertz CT molecular complexity index is 1120. The molecule has 1 aromatic rings. The van der Waals surface area contributed by atoms with Gasteiger partial charge in [0.25, 0.3) is 10.0 Å². The summed E-state index contributed by atoms with van der Waals surface area (Å²) in [5.74, 6) is -0.234. The van der Waals surface area contributed by atoms with Gasteiger partial charge in [0, 0.05) is 6.20 Å². The Morgan fingerprint density at radius 1 is 1.45 bits per heavy atom. The fourth-order valence-corrected chi connectivity index (χ4v) is 4.97. The van der Waals surface area contributed by atoms with Gasteiger partial charge in [0.05, 0.1) is 17.3 Å². The van der Waals surface area contributed by atoms with E-state index in [0.29, 0.717) is 27.2 Å². The molecule has 1 aromatic carbocycles. The van der Waals surface area contributed by atoms with E-state index >= 15 is 0 Å². The molecule has 0 spiro atoms. The number of amides is 3. The Morgan fingerprint density at radius 2 is 2.24 bits per heavy atom. The zero-order valence-electron chi connectivity index (χ0n) is 15.2. The average molecular weight is 414 g/mol. The van der Waals surface area contributed by atoms with E-state index in [-0.39, 0.29) is 17.2 Å². The lowest BCUT2D eigenvalue weighted by molar-refractivity contribution is -0.121. The van der Waals surface area contributed by atoms with Crippen LogP contribution >= 0.6 is 0 Å². The number of dihydropyridines is 1. The van der Waals surface area contributed by atoms with Gasteiger partial charge >= 0.3 is 6.03 Å². The molecule has 1 atom stereocenters. The summed E-state index contributed by atoms with van der Waals surface area (Å²) in [6, 6.07) is 5.82. The molecular weight excluding hydrogens is 398 g/mol. The molecule has 0 bridgehead atoms. The number of nitrogens with zero attached hydrogens (tertiary/aromatic N) is 2. The van der Waals surface area contributed by atoms with Crippen molar-refractivity contribution < 1.29 is 22.7 Å². The summed E-state index contributed by atoms with van der Waals surface area (Å²) in [6.45, 7) is 1.06. The van der Waals surface area contributed by atoms with Gasteiger partial charge in [0.15, 0.2) is 6.04 Å². The molecule has 3 N–H and O–H groups in total. The first kappa shape index (κ1) is 18.8. The second-order valence-electron chi connectivity index (χ2n) is 6.60. The van der Waals surface area contributed by atoms with Gasteiger partial charge < -0.3 is 20.7 Å². The van der Waals surface area contributed by atoms with Gasteiger partial charge in [0.1, 0.15) is 29.9 Å². The molecule has 3 amide bonds. The first-order valence-corrected chi connectivity index (χ1v) is 10.1. The minimum absolute atomic E-state index is 0.0284. The number of aryl methyl sites for hydroxylation is 1. The van der Waals surface area contributed by atoms with Crippen LogP contribution in [0.25, 0.3) is 0 Å². The highest BCUT2D eigenvalue weighted by atomic mass is 32.2. The van der Waals surface area contributed by atoms with Crippen LogP contribution in [0.3, 0.4) is 0 Å². The Hall–Kier alpha value is -3.52. The second kappa shape index (κ2) is 6.82. The lowest BCUT2D eigenvalue weighted by Gasteiger charge is -2.29. The number of allylic oxidation sites excluding steroid dienone is 2. The van der Waals surface area contributed by atoms with Gasteiger partial charge in [-0.25, -0.2) is 17.5 Å². The Kier molecular flexibility index (Phi) is 4.43. The average Bonchev–Trinajstić information content (AvgIpc) is 3.06. The van der Waals surface area contributed by atoms with E-state index in [1.54, 1.807) is 25.1 Å². The molecule has 0 unspecified atom stereocenters. The van der Waals surface area contributed by atoms with Crippen LogP contribution in [0, 0.1) is 24.3 Å². The Morgan fingerprint density at radius 3 is 3.00 bits per heavy atom. The van der Waals surface area contributed by atoms with Crippen LogP contribution in [-0.2, 0) is 19.6 Å². The number of nitrogens with one attached hydrogen (secondary N) is 3. The van der Waals surface area contributed by atoms with Crippen LogP contribution in [-0.4, -0.2) is 43.9 Å². The van der Waals surface area contributed by atoms with Crippen molar-refractivity contribution in [1.82, 2.24) is 14.9 Å². The molecule has 0 aromatic heterocycles. The van der Waals surface area contributed by atoms with Crippen LogP contribution in [0.1, 0.15) is 5.56 Å². The molecule has 11 heteroatoms. The molecule has 3 aliphatic heterocycles. The fourth-order valence-electron chi connectivity index (χ4n) is 3.33. The molecule has 10 nitrogen and oxygen atoms in total. The highest BCUT2D eigenvalue weighted by Gasteiger charge is 2.41. The zero-order valence-corrected chi connectivity index (χ0v) is 16.0. The second-order valence-corrected chi connectivity index (χ2v) is 8.40. The fraction of sp³-hybridized carbons (Fsp3) is 0.222. The van der Waals surface area contributed by atoms with Gasteiger partial charge in [-0.1, -0.05) is 12.1 Å². The monoisotopic (exact) mass is 414 g/mol. The third-order valence-electron chi connectivity index (χ3n) is 4.67. The van der Waals surface area contributed by atoms with E-state index in [4.69, 9.17) is 10.00 Å². The maximum atomic E-state index is 12.9. The van der Waals surface area contributed by atoms with Crippen molar-refractivity contribution >= 4 is 27.6 Å². The summed E-state index contributed by atoms with van der Waals surface area (Å²) >= 11 is 0. The number of benzene rings is 1. The third-order valence-corrected chi connectivity index (χ3v) is 6.60. The molecular formula is C18H16N5O5S. The maximum Gasteiger partial charge on any atom is 0.336 e. The number of carbonyl (C=O) groups is 2. The number of hydrogen-bond donors (Lipinski definition) is 3. The molecule has 3 heterocycles. The molecule has 1 radical (unpaired) electrons. The van der Waals surface area contributed by atoms with Gasteiger partial charge in [-0.2, -0.15) is 5.26 Å². The summed E-state index contributed by atoms with van der Waals surface area (Å²) in [5, 5.41) is 17.0. The quantitative estimate of drug-likeness (QED) is 0.653. The number of nitriles is 1. The predicted octanol–water partition coefficient (Wildman–Crippen LogP) is 0.473. The standard InChI is InChI=1S/C18H16N5O5S/c1-10-3-2-4-12-17(10)29(26,27)23(18(25)22-12)8-15(24)21-13-9-28-14-5-11(6-19)7-20-16(13)14/h2-5,7,13,20H,8-9H2,1H3,(H,21,24)(H,22,25)/t13-/m0/s1. The number of rotatable bonds is 3. The number of ether oxygens (including phenoxy) is 1. The summed E-state index contributed by atoms with van der Waals surface area (Å²) in [7, 11) is -4.18. The number of fused-ring (bicyclic) bond motifs is 2. The minimum atomic E-state index is -4.18. The van der Waals surface area contributed by atoms with Crippen LogP contribution in [0.5, 0.6) is 0 Å². The van der Waals surface area contributed by atoms with Gasteiger partial charge in [-0.3, -0.25) is 4.79 Å². The molecule has 149 valence electrons. The predicted molar refractivity (Wildman–Crippen MR) is 100 cm³/mol. The summed E-state index contributed by atoms with van der Waals surface area (Å²) < 4.78 is 31.8. The van der Waals surface area contributed by atoms with Crippen molar-refractivity contribution in [3.63, 3.8) is 0 Å². The molecule has 0 aliphatic carbocycles. The van der Waals surface area contributed by atoms with E-state index in [9.17, 15) is 18.0 Å². The first-order valence-electron chi connectivity index (χ1n) is 8.62. The minimum Gasteiger partial charge on any atom is -0.493 e. The van der Waals surface area contributed by atoms with Crippen LogP contribution < -0.4 is 16.0 Å². The summed E-state index contributed by atoms with van der Waals surface area (Å²) in [5.41, 5.74) is 1.03. The number of carbonyl (C=O) groups excluding carboxylic acids is 2. The molecule has 4 rings (SSSR count). The van der Waals surface area contributed by atoms with E-state index in [1.165, 1.54) is 12.3 Å². The van der Waals surface area contributed by atoms with Crippen LogP contribution in [0.4, 0.5) is 10.5 Å². The summed E-state index contributed by atoms with van der Waals surface area (Å²) in [6.07, 6.45) is 3.02. The van der Waals surface area contributed by atoms with E-state index in [1.807, 2.05) is 6.07 Å². The normalized spacial score (nSPS) is 22.0. The third kappa shape index (κ3) is 3.17. The number of anilines is 1. The zero-order chi connectivity index (χ0) is 20.8.